The highest BCUT2D eigenvalue weighted by Gasteiger charge is 1.94. The Morgan fingerprint density at radius 2 is 2.00 bits per heavy atom. The van der Waals surface area contributed by atoms with Crippen molar-refractivity contribution in [2.45, 2.75) is 19.3 Å². The van der Waals surface area contributed by atoms with Gasteiger partial charge in [-0.3, -0.25) is 0 Å². The second-order valence-corrected chi connectivity index (χ2v) is 1.90. The van der Waals surface area contributed by atoms with E-state index >= 15 is 0 Å². The summed E-state index contributed by atoms with van der Waals surface area (Å²) in [5.74, 6) is 0. The van der Waals surface area contributed by atoms with Gasteiger partial charge in [0.2, 0.25) is 0 Å². The van der Waals surface area contributed by atoms with Crippen molar-refractivity contribution in [3.63, 3.8) is 0 Å². The first-order chi connectivity index (χ1) is 4.77. The lowest BCUT2D eigenvalue weighted by atomic mass is 10.2. The zero-order chi connectivity index (χ0) is 7.82. The van der Waals surface area contributed by atoms with Gasteiger partial charge in [0.05, 0.1) is 6.61 Å². The molecule has 0 aromatic heterocycles. The Balaban J connectivity index is 2.84. The van der Waals surface area contributed by atoms with Gasteiger partial charge >= 0.3 is 6.16 Å². The molecule has 0 aromatic carbocycles. The van der Waals surface area contributed by atoms with Gasteiger partial charge < -0.3 is 14.9 Å². The van der Waals surface area contributed by atoms with Crippen molar-refractivity contribution in [3.05, 3.63) is 0 Å². The molecular weight excluding hydrogens is 136 g/mol. The van der Waals surface area contributed by atoms with Crippen molar-refractivity contribution in [1.82, 2.24) is 0 Å². The summed E-state index contributed by atoms with van der Waals surface area (Å²) in [5.41, 5.74) is 0. The first-order valence-electron chi connectivity index (χ1n) is 3.24. The van der Waals surface area contributed by atoms with Gasteiger partial charge in [-0.05, 0) is 19.3 Å². The smallest absolute Gasteiger partial charge is 0.450 e. The van der Waals surface area contributed by atoms with Crippen molar-refractivity contribution in [2.75, 3.05) is 13.2 Å². The minimum atomic E-state index is -1.23. The lowest BCUT2D eigenvalue weighted by molar-refractivity contribution is 0.0896. The van der Waals surface area contributed by atoms with Crippen LogP contribution in [0.5, 0.6) is 0 Å². The Bertz CT molecular complexity index is 91.7. The normalized spacial score (nSPS) is 9.30. The summed E-state index contributed by atoms with van der Waals surface area (Å²) in [6, 6.07) is 0. The molecule has 0 amide bonds. The van der Waals surface area contributed by atoms with E-state index in [4.69, 9.17) is 10.2 Å². The van der Waals surface area contributed by atoms with E-state index in [-0.39, 0.29) is 13.2 Å². The molecule has 0 rings (SSSR count). The molecule has 0 atom stereocenters. The highest BCUT2D eigenvalue weighted by Crippen LogP contribution is 1.94. The molecular formula is C6H12O4. The summed E-state index contributed by atoms with van der Waals surface area (Å²) >= 11 is 0. The van der Waals surface area contributed by atoms with Gasteiger partial charge in [0.1, 0.15) is 0 Å². The van der Waals surface area contributed by atoms with Crippen LogP contribution in [-0.4, -0.2) is 29.6 Å². The lowest BCUT2D eigenvalue weighted by Crippen LogP contribution is -2.01. The van der Waals surface area contributed by atoms with E-state index in [9.17, 15) is 4.79 Å². The van der Waals surface area contributed by atoms with Crippen LogP contribution in [0.4, 0.5) is 4.79 Å². The number of unbranched alkanes of at least 4 members (excludes halogenated alkanes) is 2. The minimum absolute atomic E-state index is 0.160. The summed E-state index contributed by atoms with van der Waals surface area (Å²) in [6.45, 7) is 0.391. The van der Waals surface area contributed by atoms with Gasteiger partial charge in [-0.15, -0.1) is 0 Å². The third-order valence-electron chi connectivity index (χ3n) is 1.03. The Hall–Kier alpha value is -0.770. The zero-order valence-electron chi connectivity index (χ0n) is 5.75. The van der Waals surface area contributed by atoms with Crippen LogP contribution in [0, 0.1) is 0 Å². The fourth-order valence-electron chi connectivity index (χ4n) is 0.550. The van der Waals surface area contributed by atoms with Gasteiger partial charge in [-0.1, -0.05) is 0 Å². The highest BCUT2D eigenvalue weighted by atomic mass is 16.7. The number of carboxylic acid groups (broad SMARTS) is 1. The molecule has 0 bridgehead atoms. The molecule has 0 aliphatic heterocycles. The predicted molar refractivity (Wildman–Crippen MR) is 34.9 cm³/mol. The maximum Gasteiger partial charge on any atom is 0.505 e. The molecule has 0 aromatic rings. The SMILES string of the molecule is O=C(O)OCCCCCO. The first kappa shape index (κ1) is 9.23. The lowest BCUT2D eigenvalue weighted by Gasteiger charge is -1.97. The molecule has 0 spiro atoms. The van der Waals surface area contributed by atoms with Gasteiger partial charge in [-0.2, -0.15) is 0 Å². The fraction of sp³-hybridized carbons (Fsp3) is 0.833. The molecule has 10 heavy (non-hydrogen) atoms. The van der Waals surface area contributed by atoms with Gasteiger partial charge in [-0.25, -0.2) is 4.79 Å². The predicted octanol–water partition coefficient (Wildman–Crippen LogP) is 0.844. The molecule has 0 saturated heterocycles. The minimum Gasteiger partial charge on any atom is -0.450 e. The third-order valence-corrected chi connectivity index (χ3v) is 1.03. The molecule has 0 heterocycles. The molecule has 0 radical (unpaired) electrons. The quantitative estimate of drug-likeness (QED) is 0.448. The van der Waals surface area contributed by atoms with Crippen LogP contribution in [0.2, 0.25) is 0 Å². The molecule has 0 saturated carbocycles. The molecule has 0 aliphatic rings. The number of hydrogen-bond donors (Lipinski definition) is 2. The molecule has 0 unspecified atom stereocenters. The van der Waals surface area contributed by atoms with Gasteiger partial charge in [0, 0.05) is 6.61 Å². The molecule has 60 valence electrons. The molecule has 0 aliphatic carbocycles. The fourth-order valence-corrected chi connectivity index (χ4v) is 0.550. The number of aliphatic hydroxyl groups excluding tert-OH is 1. The second-order valence-electron chi connectivity index (χ2n) is 1.90. The Morgan fingerprint density at radius 1 is 1.30 bits per heavy atom. The van der Waals surface area contributed by atoms with Crippen LogP contribution in [0.3, 0.4) is 0 Å². The van der Waals surface area contributed by atoms with Crippen LogP contribution >= 0.6 is 0 Å². The van der Waals surface area contributed by atoms with E-state index in [2.05, 4.69) is 4.74 Å². The number of aliphatic hydroxyl groups is 1. The second kappa shape index (κ2) is 6.35. The number of carbonyl (C=O) groups is 1. The van der Waals surface area contributed by atoms with Crippen LogP contribution in [0.15, 0.2) is 0 Å². The summed E-state index contributed by atoms with van der Waals surface area (Å²) in [5, 5.41) is 16.3. The zero-order valence-corrected chi connectivity index (χ0v) is 5.75. The molecule has 4 heteroatoms. The monoisotopic (exact) mass is 148 g/mol. The van der Waals surface area contributed by atoms with Crippen LogP contribution in [-0.2, 0) is 4.74 Å². The van der Waals surface area contributed by atoms with Crippen LogP contribution in [0.1, 0.15) is 19.3 Å². The van der Waals surface area contributed by atoms with Crippen molar-refractivity contribution < 1.29 is 19.7 Å². The Morgan fingerprint density at radius 3 is 2.50 bits per heavy atom. The number of ether oxygens (including phenoxy) is 1. The number of hydrogen-bond acceptors (Lipinski definition) is 3. The Labute approximate surface area is 59.4 Å². The maximum absolute atomic E-state index is 9.76. The van der Waals surface area contributed by atoms with Crippen LogP contribution in [0.25, 0.3) is 0 Å². The standard InChI is InChI=1S/C6H12O4/c7-4-2-1-3-5-10-6(8)9/h7H,1-5H2,(H,8,9). The van der Waals surface area contributed by atoms with Crippen molar-refractivity contribution in [1.29, 1.82) is 0 Å². The average Bonchev–Trinajstić information content (AvgIpc) is 1.87. The summed E-state index contributed by atoms with van der Waals surface area (Å²) in [4.78, 5) is 9.76. The van der Waals surface area contributed by atoms with E-state index in [0.717, 1.165) is 6.42 Å². The summed E-state index contributed by atoms with van der Waals surface area (Å²) in [7, 11) is 0. The molecule has 2 N–H and O–H groups in total. The third kappa shape index (κ3) is 7.23. The van der Waals surface area contributed by atoms with Crippen LogP contribution < -0.4 is 0 Å². The van der Waals surface area contributed by atoms with E-state index in [1.54, 1.807) is 0 Å². The van der Waals surface area contributed by atoms with E-state index in [1.807, 2.05) is 0 Å². The van der Waals surface area contributed by atoms with Crippen molar-refractivity contribution >= 4 is 6.16 Å². The van der Waals surface area contributed by atoms with Crippen molar-refractivity contribution in [3.8, 4) is 0 Å². The van der Waals surface area contributed by atoms with E-state index in [0.29, 0.717) is 12.8 Å². The largest absolute Gasteiger partial charge is 0.505 e. The summed E-state index contributed by atoms with van der Waals surface area (Å²) in [6.07, 6.45) is 0.976. The molecule has 4 nitrogen and oxygen atoms in total. The van der Waals surface area contributed by atoms with Gasteiger partial charge in [0.15, 0.2) is 0 Å². The van der Waals surface area contributed by atoms with Crippen molar-refractivity contribution in [2.24, 2.45) is 0 Å². The molecule has 0 fully saturated rings. The first-order valence-corrected chi connectivity index (χ1v) is 3.24. The van der Waals surface area contributed by atoms with E-state index in [1.165, 1.54) is 0 Å². The average molecular weight is 148 g/mol. The Kier molecular flexibility index (Phi) is 5.86. The number of rotatable bonds is 5. The topological polar surface area (TPSA) is 66.8 Å². The maximum atomic E-state index is 9.76. The van der Waals surface area contributed by atoms with E-state index < -0.39 is 6.16 Å². The highest BCUT2D eigenvalue weighted by molar-refractivity contribution is 5.56. The van der Waals surface area contributed by atoms with Gasteiger partial charge in [0.25, 0.3) is 0 Å². The summed E-state index contributed by atoms with van der Waals surface area (Å²) < 4.78 is 4.22.